The van der Waals surface area contributed by atoms with Gasteiger partial charge in [-0.3, -0.25) is 14.4 Å². The van der Waals surface area contributed by atoms with Crippen LogP contribution in [0.3, 0.4) is 0 Å². The first-order valence-corrected chi connectivity index (χ1v) is 7.21. The van der Waals surface area contributed by atoms with E-state index >= 15 is 0 Å². The van der Waals surface area contributed by atoms with Gasteiger partial charge in [-0.25, -0.2) is 4.39 Å². The molecule has 1 aromatic rings. The van der Waals surface area contributed by atoms with Crippen LogP contribution in [-0.4, -0.2) is 36.2 Å². The van der Waals surface area contributed by atoms with Crippen molar-refractivity contribution in [1.29, 1.82) is 0 Å². The van der Waals surface area contributed by atoms with Crippen LogP contribution in [0.2, 0.25) is 0 Å². The molecule has 1 aromatic carbocycles. The lowest BCUT2D eigenvalue weighted by Gasteiger charge is -2.23. The number of aliphatic carboxylic acids is 1. The molecule has 0 spiro atoms. The van der Waals surface area contributed by atoms with Gasteiger partial charge in [0, 0.05) is 5.92 Å². The molecule has 0 aromatic heterocycles. The number of carboxylic acid groups (broad SMARTS) is 1. The Kier molecular flexibility index (Phi) is 7.18. The van der Waals surface area contributed by atoms with E-state index in [1.807, 2.05) is 0 Å². The fourth-order valence-electron chi connectivity index (χ4n) is 2.24. The van der Waals surface area contributed by atoms with E-state index in [0.29, 0.717) is 0 Å². The molecular formula is C16H19FO6. The third-order valence-electron chi connectivity index (χ3n) is 3.15. The van der Waals surface area contributed by atoms with E-state index < -0.39 is 42.0 Å². The molecule has 0 fully saturated rings. The Balaban J connectivity index is 3.27. The summed E-state index contributed by atoms with van der Waals surface area (Å²) in [6.07, 6.45) is -0.536. The fourth-order valence-corrected chi connectivity index (χ4v) is 2.24. The molecule has 0 radical (unpaired) electrons. The molecule has 23 heavy (non-hydrogen) atoms. The first-order chi connectivity index (χ1) is 10.9. The molecule has 0 amide bonds. The minimum atomic E-state index is -1.46. The second-order valence-electron chi connectivity index (χ2n) is 4.74. The third-order valence-corrected chi connectivity index (χ3v) is 3.15. The maximum Gasteiger partial charge on any atom is 0.320 e. The first kappa shape index (κ1) is 18.6. The Hall–Kier alpha value is -2.44. The Morgan fingerprint density at radius 2 is 1.70 bits per heavy atom. The summed E-state index contributed by atoms with van der Waals surface area (Å²) in [5, 5.41) is 9.09. The Bertz CT molecular complexity index is 553. The van der Waals surface area contributed by atoms with Crippen LogP contribution in [0.5, 0.6) is 0 Å². The molecule has 0 aliphatic heterocycles. The number of esters is 2. The highest BCUT2D eigenvalue weighted by molar-refractivity contribution is 5.96. The number of carbonyl (C=O) groups excluding carboxylic acids is 2. The number of carbonyl (C=O) groups is 3. The van der Waals surface area contributed by atoms with Crippen molar-refractivity contribution >= 4 is 17.9 Å². The summed E-state index contributed by atoms with van der Waals surface area (Å²) in [6, 6.07) is 5.12. The van der Waals surface area contributed by atoms with E-state index in [2.05, 4.69) is 0 Å². The highest BCUT2D eigenvalue weighted by atomic mass is 19.1. The van der Waals surface area contributed by atoms with Gasteiger partial charge in [-0.2, -0.15) is 0 Å². The van der Waals surface area contributed by atoms with E-state index in [0.717, 1.165) is 6.07 Å². The Labute approximate surface area is 133 Å². The second-order valence-corrected chi connectivity index (χ2v) is 4.74. The maximum atomic E-state index is 13.4. The normalized spacial score (nSPS) is 11.8. The second kappa shape index (κ2) is 8.87. The minimum absolute atomic E-state index is 0.0255. The Morgan fingerprint density at radius 3 is 2.13 bits per heavy atom. The van der Waals surface area contributed by atoms with Gasteiger partial charge in [-0.1, -0.05) is 12.1 Å². The lowest BCUT2D eigenvalue weighted by Crippen LogP contribution is -2.34. The largest absolute Gasteiger partial charge is 0.481 e. The highest BCUT2D eigenvalue weighted by Gasteiger charge is 2.39. The number of benzene rings is 1. The van der Waals surface area contributed by atoms with Crippen LogP contribution in [0.4, 0.5) is 4.39 Å². The van der Waals surface area contributed by atoms with Gasteiger partial charge in [-0.15, -0.1) is 0 Å². The SMILES string of the molecule is CCOC(=O)C(C(=O)OCC)C(CC(=O)O)c1cccc(F)c1. The average molecular weight is 326 g/mol. The topological polar surface area (TPSA) is 89.9 Å². The van der Waals surface area contributed by atoms with E-state index in [1.165, 1.54) is 18.2 Å². The molecule has 1 unspecified atom stereocenters. The van der Waals surface area contributed by atoms with Crippen LogP contribution in [0.25, 0.3) is 0 Å². The standard InChI is InChI=1S/C16H19FO6/c1-3-22-15(20)14(16(21)23-4-2)12(9-13(18)19)10-6-5-7-11(17)8-10/h5-8,12,14H,3-4,9H2,1-2H3,(H,18,19). The van der Waals surface area contributed by atoms with Crippen LogP contribution in [0.15, 0.2) is 24.3 Å². The molecule has 0 aliphatic rings. The van der Waals surface area contributed by atoms with Crippen molar-refractivity contribution in [1.82, 2.24) is 0 Å². The molecule has 1 atom stereocenters. The molecule has 0 saturated heterocycles. The van der Waals surface area contributed by atoms with Crippen LogP contribution < -0.4 is 0 Å². The summed E-state index contributed by atoms with van der Waals surface area (Å²) in [7, 11) is 0. The number of hydrogen-bond donors (Lipinski definition) is 1. The molecule has 0 heterocycles. The van der Waals surface area contributed by atoms with Crippen molar-refractivity contribution in [3.8, 4) is 0 Å². The van der Waals surface area contributed by atoms with Crippen molar-refractivity contribution in [2.45, 2.75) is 26.2 Å². The summed E-state index contributed by atoms with van der Waals surface area (Å²) >= 11 is 0. The fraction of sp³-hybridized carbons (Fsp3) is 0.438. The zero-order valence-corrected chi connectivity index (χ0v) is 13.0. The van der Waals surface area contributed by atoms with Gasteiger partial charge in [-0.05, 0) is 31.5 Å². The van der Waals surface area contributed by atoms with E-state index in [9.17, 15) is 18.8 Å². The molecule has 0 saturated carbocycles. The Morgan fingerprint density at radius 1 is 1.13 bits per heavy atom. The van der Waals surface area contributed by atoms with Crippen LogP contribution >= 0.6 is 0 Å². The van der Waals surface area contributed by atoms with Crippen LogP contribution in [0, 0.1) is 11.7 Å². The van der Waals surface area contributed by atoms with E-state index in [4.69, 9.17) is 14.6 Å². The molecule has 126 valence electrons. The lowest BCUT2D eigenvalue weighted by molar-refractivity contribution is -0.163. The summed E-state index contributed by atoms with van der Waals surface area (Å²) in [6.45, 7) is 3.18. The minimum Gasteiger partial charge on any atom is -0.481 e. The van der Waals surface area contributed by atoms with Gasteiger partial charge in [0.25, 0.3) is 0 Å². The van der Waals surface area contributed by atoms with Crippen LogP contribution in [-0.2, 0) is 23.9 Å². The summed E-state index contributed by atoms with van der Waals surface area (Å²) < 4.78 is 23.2. The average Bonchev–Trinajstić information content (AvgIpc) is 2.46. The van der Waals surface area contributed by atoms with E-state index in [-0.39, 0.29) is 18.8 Å². The number of rotatable bonds is 8. The number of halogens is 1. The molecule has 1 N–H and O–H groups in total. The quantitative estimate of drug-likeness (QED) is 0.581. The van der Waals surface area contributed by atoms with Crippen molar-refractivity contribution in [3.63, 3.8) is 0 Å². The molecule has 1 rings (SSSR count). The van der Waals surface area contributed by atoms with Crippen LogP contribution in [0.1, 0.15) is 31.7 Å². The zero-order valence-electron chi connectivity index (χ0n) is 13.0. The number of ether oxygens (including phenoxy) is 2. The molecule has 0 aliphatic carbocycles. The predicted octanol–water partition coefficient (Wildman–Crippen LogP) is 2.13. The molecule has 7 heteroatoms. The monoisotopic (exact) mass is 326 g/mol. The van der Waals surface area contributed by atoms with Gasteiger partial charge in [0.05, 0.1) is 19.6 Å². The third kappa shape index (κ3) is 5.36. The summed E-state index contributed by atoms with van der Waals surface area (Å²) in [5.74, 6) is -6.14. The number of carboxylic acids is 1. The smallest absolute Gasteiger partial charge is 0.320 e. The zero-order chi connectivity index (χ0) is 17.4. The lowest BCUT2D eigenvalue weighted by atomic mass is 9.83. The van der Waals surface area contributed by atoms with Gasteiger partial charge in [0.2, 0.25) is 0 Å². The van der Waals surface area contributed by atoms with Crippen molar-refractivity contribution in [2.24, 2.45) is 5.92 Å². The summed E-state index contributed by atoms with van der Waals surface area (Å²) in [4.78, 5) is 35.4. The number of hydrogen-bond acceptors (Lipinski definition) is 5. The van der Waals surface area contributed by atoms with Gasteiger partial charge in [0.15, 0.2) is 5.92 Å². The van der Waals surface area contributed by atoms with Gasteiger partial charge >= 0.3 is 17.9 Å². The van der Waals surface area contributed by atoms with Crippen molar-refractivity contribution in [2.75, 3.05) is 13.2 Å². The van der Waals surface area contributed by atoms with Crippen molar-refractivity contribution < 1.29 is 33.4 Å². The summed E-state index contributed by atoms with van der Waals surface area (Å²) in [5.41, 5.74) is 0.221. The predicted molar refractivity (Wildman–Crippen MR) is 78.1 cm³/mol. The highest BCUT2D eigenvalue weighted by Crippen LogP contribution is 2.31. The molecule has 6 nitrogen and oxygen atoms in total. The maximum absolute atomic E-state index is 13.4. The van der Waals surface area contributed by atoms with Crippen molar-refractivity contribution in [3.05, 3.63) is 35.6 Å². The molecular weight excluding hydrogens is 307 g/mol. The first-order valence-electron chi connectivity index (χ1n) is 7.21. The van der Waals surface area contributed by atoms with E-state index in [1.54, 1.807) is 13.8 Å². The molecule has 0 bridgehead atoms. The van der Waals surface area contributed by atoms with Gasteiger partial charge in [0.1, 0.15) is 5.82 Å². The van der Waals surface area contributed by atoms with Gasteiger partial charge < -0.3 is 14.6 Å².